The summed E-state index contributed by atoms with van der Waals surface area (Å²) in [5.74, 6) is 0.895. The molecule has 0 bridgehead atoms. The molecule has 35 heavy (non-hydrogen) atoms. The summed E-state index contributed by atoms with van der Waals surface area (Å²) in [5.41, 5.74) is 3.23. The smallest absolute Gasteiger partial charge is 0.243 e. The van der Waals surface area contributed by atoms with E-state index in [1.807, 2.05) is 79.7 Å². The number of carbonyl (C=O) groups excluding carboxylic acids is 2. The Morgan fingerprint density at radius 1 is 0.857 bits per heavy atom. The minimum Gasteiger partial charge on any atom is -0.354 e. The van der Waals surface area contributed by atoms with E-state index >= 15 is 0 Å². The van der Waals surface area contributed by atoms with Crippen LogP contribution in [0.2, 0.25) is 0 Å². The molecular formula is C30H36N2O2S. The maximum absolute atomic E-state index is 13.6. The average Bonchev–Trinajstić information content (AvgIpc) is 2.87. The fourth-order valence-electron chi connectivity index (χ4n) is 3.78. The summed E-state index contributed by atoms with van der Waals surface area (Å²) in [5, 5.41) is 3.08. The van der Waals surface area contributed by atoms with Crippen LogP contribution in [-0.4, -0.2) is 35.1 Å². The van der Waals surface area contributed by atoms with E-state index in [9.17, 15) is 9.59 Å². The predicted molar refractivity (Wildman–Crippen MR) is 145 cm³/mol. The summed E-state index contributed by atoms with van der Waals surface area (Å²) in [6.07, 6.45) is 0.850. The van der Waals surface area contributed by atoms with Gasteiger partial charge in [-0.15, -0.1) is 11.8 Å². The Labute approximate surface area is 214 Å². The highest BCUT2D eigenvalue weighted by Crippen LogP contribution is 2.21. The minimum atomic E-state index is -0.577. The van der Waals surface area contributed by atoms with Crippen molar-refractivity contribution in [3.05, 3.63) is 102 Å². The molecule has 1 atom stereocenters. The van der Waals surface area contributed by atoms with Gasteiger partial charge in [0.1, 0.15) is 6.04 Å². The number of hydrogen-bond donors (Lipinski definition) is 1. The first-order valence-corrected chi connectivity index (χ1v) is 13.3. The molecule has 1 N–H and O–H groups in total. The molecule has 2 amide bonds. The van der Waals surface area contributed by atoms with Crippen LogP contribution in [0.5, 0.6) is 0 Å². The maximum atomic E-state index is 13.6. The van der Waals surface area contributed by atoms with Gasteiger partial charge < -0.3 is 10.2 Å². The first-order valence-electron chi connectivity index (χ1n) is 12.3. The van der Waals surface area contributed by atoms with Crippen LogP contribution >= 0.6 is 11.8 Å². The fraction of sp³-hybridized carbons (Fsp3) is 0.333. The summed E-state index contributed by atoms with van der Waals surface area (Å²) < 4.78 is 0. The molecular weight excluding hydrogens is 452 g/mol. The summed E-state index contributed by atoms with van der Waals surface area (Å²) >= 11 is 1.66. The van der Waals surface area contributed by atoms with E-state index in [-0.39, 0.29) is 11.8 Å². The zero-order chi connectivity index (χ0) is 25.0. The molecule has 0 unspecified atom stereocenters. The first-order chi connectivity index (χ1) is 16.9. The van der Waals surface area contributed by atoms with Crippen molar-refractivity contribution in [2.24, 2.45) is 5.92 Å². The third-order valence-corrected chi connectivity index (χ3v) is 6.77. The van der Waals surface area contributed by atoms with Crippen molar-refractivity contribution in [2.45, 2.75) is 51.1 Å². The number of thioether (sulfide) groups is 1. The molecule has 0 saturated heterocycles. The number of amides is 2. The molecule has 0 aliphatic heterocycles. The predicted octanol–water partition coefficient (Wildman–Crippen LogP) is 5.89. The quantitative estimate of drug-likeness (QED) is 0.324. The van der Waals surface area contributed by atoms with Crippen LogP contribution in [0.3, 0.4) is 0 Å². The van der Waals surface area contributed by atoms with Crippen LogP contribution in [0, 0.1) is 12.8 Å². The van der Waals surface area contributed by atoms with Gasteiger partial charge in [-0.05, 0) is 36.1 Å². The molecule has 3 aromatic carbocycles. The van der Waals surface area contributed by atoms with Crippen molar-refractivity contribution in [3.63, 3.8) is 0 Å². The summed E-state index contributed by atoms with van der Waals surface area (Å²) in [7, 11) is 0. The highest BCUT2D eigenvalue weighted by Gasteiger charge is 2.30. The molecule has 0 radical (unpaired) electrons. The Hall–Kier alpha value is -3.05. The average molecular weight is 489 g/mol. The van der Waals surface area contributed by atoms with E-state index in [0.717, 1.165) is 16.0 Å². The van der Waals surface area contributed by atoms with E-state index in [4.69, 9.17) is 0 Å². The summed E-state index contributed by atoms with van der Waals surface area (Å²) in [6.45, 7) is 7.18. The molecule has 5 heteroatoms. The highest BCUT2D eigenvalue weighted by atomic mass is 32.2. The Kier molecular flexibility index (Phi) is 10.4. The van der Waals surface area contributed by atoms with E-state index in [0.29, 0.717) is 37.6 Å². The molecule has 0 fully saturated rings. The summed E-state index contributed by atoms with van der Waals surface area (Å²) in [6, 6.07) is 27.6. The van der Waals surface area contributed by atoms with E-state index in [1.165, 1.54) is 5.56 Å². The lowest BCUT2D eigenvalue weighted by Gasteiger charge is -2.32. The second-order valence-electron chi connectivity index (χ2n) is 9.26. The van der Waals surface area contributed by atoms with Crippen LogP contribution in [0.25, 0.3) is 0 Å². The van der Waals surface area contributed by atoms with Gasteiger partial charge in [0.15, 0.2) is 0 Å². The van der Waals surface area contributed by atoms with Crippen LogP contribution in [0.15, 0.2) is 89.8 Å². The van der Waals surface area contributed by atoms with Crippen LogP contribution in [0.1, 0.15) is 37.0 Å². The van der Waals surface area contributed by atoms with Gasteiger partial charge in [-0.25, -0.2) is 0 Å². The Balaban J connectivity index is 1.83. The number of rotatable bonds is 12. The van der Waals surface area contributed by atoms with Crippen LogP contribution < -0.4 is 5.32 Å². The standard InChI is InChI=1S/C30H36N2O2S/c1-23(2)21-31-30(34)28(20-25-10-6-4-7-11-25)32(22-26-16-14-24(3)15-17-26)29(33)18-19-35-27-12-8-5-9-13-27/h4-17,23,28H,18-22H2,1-3H3,(H,31,34)/t28-/m1/s1. The second kappa shape index (κ2) is 13.7. The number of nitrogens with one attached hydrogen (secondary N) is 1. The maximum Gasteiger partial charge on any atom is 0.243 e. The van der Waals surface area contributed by atoms with E-state index < -0.39 is 6.04 Å². The number of hydrogen-bond acceptors (Lipinski definition) is 3. The molecule has 4 nitrogen and oxygen atoms in total. The lowest BCUT2D eigenvalue weighted by Crippen LogP contribution is -2.51. The molecule has 184 valence electrons. The zero-order valence-corrected chi connectivity index (χ0v) is 21.8. The van der Waals surface area contributed by atoms with Gasteiger partial charge >= 0.3 is 0 Å². The molecule has 0 aliphatic rings. The Morgan fingerprint density at radius 3 is 2.11 bits per heavy atom. The van der Waals surface area contributed by atoms with Crippen molar-refractivity contribution < 1.29 is 9.59 Å². The minimum absolute atomic E-state index is 0.00497. The van der Waals surface area contributed by atoms with Gasteiger partial charge in [0.05, 0.1) is 0 Å². The lowest BCUT2D eigenvalue weighted by molar-refractivity contribution is -0.141. The molecule has 0 aromatic heterocycles. The van der Waals surface area contributed by atoms with Gasteiger partial charge in [0.25, 0.3) is 0 Å². The van der Waals surface area contributed by atoms with Gasteiger partial charge in [-0.1, -0.05) is 92.2 Å². The number of aryl methyl sites for hydroxylation is 1. The zero-order valence-electron chi connectivity index (χ0n) is 20.9. The molecule has 0 spiro atoms. The van der Waals surface area contributed by atoms with Crippen molar-refractivity contribution in [1.29, 1.82) is 0 Å². The first kappa shape index (κ1) is 26.6. The number of carbonyl (C=O) groups is 2. The van der Waals surface area contributed by atoms with Crippen molar-refractivity contribution in [1.82, 2.24) is 10.2 Å². The number of benzene rings is 3. The third kappa shape index (κ3) is 8.91. The SMILES string of the molecule is Cc1ccc(CN(C(=O)CCSc2ccccc2)[C@H](Cc2ccccc2)C(=O)NCC(C)C)cc1. The van der Waals surface area contributed by atoms with Gasteiger partial charge in [-0.3, -0.25) is 9.59 Å². The Morgan fingerprint density at radius 2 is 1.49 bits per heavy atom. The van der Waals surface area contributed by atoms with Gasteiger partial charge in [0.2, 0.25) is 11.8 Å². The third-order valence-electron chi connectivity index (χ3n) is 5.76. The lowest BCUT2D eigenvalue weighted by atomic mass is 10.0. The molecule has 3 rings (SSSR count). The van der Waals surface area contributed by atoms with Gasteiger partial charge in [0, 0.05) is 36.6 Å². The summed E-state index contributed by atoms with van der Waals surface area (Å²) in [4.78, 5) is 30.0. The molecule has 0 saturated carbocycles. The van der Waals surface area contributed by atoms with E-state index in [2.05, 4.69) is 31.3 Å². The molecule has 0 heterocycles. The van der Waals surface area contributed by atoms with Crippen molar-refractivity contribution >= 4 is 23.6 Å². The second-order valence-corrected chi connectivity index (χ2v) is 10.4. The van der Waals surface area contributed by atoms with Gasteiger partial charge in [-0.2, -0.15) is 0 Å². The van der Waals surface area contributed by atoms with E-state index in [1.54, 1.807) is 16.7 Å². The van der Waals surface area contributed by atoms with Crippen molar-refractivity contribution in [2.75, 3.05) is 12.3 Å². The number of nitrogens with zero attached hydrogens (tertiary/aromatic N) is 1. The van der Waals surface area contributed by atoms with Crippen molar-refractivity contribution in [3.8, 4) is 0 Å². The molecule has 3 aromatic rings. The Bertz CT molecular complexity index is 1050. The largest absolute Gasteiger partial charge is 0.354 e. The monoisotopic (exact) mass is 488 g/mol. The van der Waals surface area contributed by atoms with Crippen LogP contribution in [-0.2, 0) is 22.6 Å². The normalized spacial score (nSPS) is 11.8. The highest BCUT2D eigenvalue weighted by molar-refractivity contribution is 7.99. The van der Waals surface area contributed by atoms with Crippen LogP contribution in [0.4, 0.5) is 0 Å². The molecule has 0 aliphatic carbocycles. The fourth-order valence-corrected chi connectivity index (χ4v) is 4.65. The topological polar surface area (TPSA) is 49.4 Å².